The monoisotopic (exact) mass is 363 g/mol. The molecule has 4 nitrogen and oxygen atoms in total. The maximum atomic E-state index is 12.9. The molecule has 2 heterocycles. The van der Waals surface area contributed by atoms with Crippen LogP contribution in [0.15, 0.2) is 48.5 Å². The van der Waals surface area contributed by atoms with Crippen molar-refractivity contribution in [2.75, 3.05) is 37.0 Å². The number of amides is 1. The molecule has 4 heteroatoms. The van der Waals surface area contributed by atoms with Crippen LogP contribution in [0.2, 0.25) is 0 Å². The fraction of sp³-hybridized carbons (Fsp3) is 0.435. The van der Waals surface area contributed by atoms with E-state index in [2.05, 4.69) is 41.0 Å². The first-order valence-electron chi connectivity index (χ1n) is 9.97. The highest BCUT2D eigenvalue weighted by molar-refractivity contribution is 5.94. The predicted molar refractivity (Wildman–Crippen MR) is 112 cm³/mol. The molecule has 0 bridgehead atoms. The first-order chi connectivity index (χ1) is 13.0. The zero-order chi connectivity index (χ0) is 19.0. The van der Waals surface area contributed by atoms with Gasteiger partial charge in [0, 0.05) is 56.2 Å². The number of benzene rings is 2. The Kier molecular flexibility index (Phi) is 4.81. The van der Waals surface area contributed by atoms with Gasteiger partial charge in [0.1, 0.15) is 0 Å². The third-order valence-corrected chi connectivity index (χ3v) is 6.04. The van der Waals surface area contributed by atoms with Crippen molar-refractivity contribution < 1.29 is 4.79 Å². The van der Waals surface area contributed by atoms with Crippen LogP contribution in [0.5, 0.6) is 0 Å². The molecule has 2 aliphatic heterocycles. The van der Waals surface area contributed by atoms with Gasteiger partial charge in [-0.1, -0.05) is 18.2 Å². The van der Waals surface area contributed by atoms with Gasteiger partial charge in [-0.2, -0.15) is 0 Å². The summed E-state index contributed by atoms with van der Waals surface area (Å²) in [6.07, 6.45) is 3.22. The highest BCUT2D eigenvalue weighted by atomic mass is 16.2. The summed E-state index contributed by atoms with van der Waals surface area (Å²) in [7, 11) is 4.03. The minimum Gasteiger partial charge on any atom is -0.378 e. The van der Waals surface area contributed by atoms with E-state index in [1.54, 1.807) is 0 Å². The van der Waals surface area contributed by atoms with Crippen molar-refractivity contribution in [1.82, 2.24) is 4.90 Å². The molecule has 1 fully saturated rings. The minimum atomic E-state index is 0.161. The van der Waals surface area contributed by atoms with E-state index in [-0.39, 0.29) is 5.91 Å². The molecular formula is C23H29N3O. The molecule has 0 aromatic heterocycles. The molecule has 2 aliphatic rings. The third-order valence-electron chi connectivity index (χ3n) is 6.04. The molecule has 2 aromatic rings. The van der Waals surface area contributed by atoms with Crippen LogP contribution in [0, 0.1) is 0 Å². The maximum absolute atomic E-state index is 12.9. The molecular weight excluding hydrogens is 334 g/mol. The quantitative estimate of drug-likeness (QED) is 0.830. The lowest BCUT2D eigenvalue weighted by molar-refractivity contribution is 0.0711. The van der Waals surface area contributed by atoms with E-state index in [1.165, 1.54) is 11.3 Å². The zero-order valence-corrected chi connectivity index (χ0v) is 16.6. The lowest BCUT2D eigenvalue weighted by atomic mass is 10.0. The van der Waals surface area contributed by atoms with Gasteiger partial charge < -0.3 is 14.7 Å². The first-order valence-corrected chi connectivity index (χ1v) is 9.97. The van der Waals surface area contributed by atoms with Gasteiger partial charge in [-0.3, -0.25) is 4.79 Å². The maximum Gasteiger partial charge on any atom is 0.253 e. The van der Waals surface area contributed by atoms with Gasteiger partial charge in [-0.05, 0) is 62.1 Å². The second-order valence-corrected chi connectivity index (χ2v) is 8.05. The number of rotatable bonds is 3. The normalized spacial score (nSPS) is 19.9. The van der Waals surface area contributed by atoms with Crippen LogP contribution < -0.4 is 9.80 Å². The van der Waals surface area contributed by atoms with Gasteiger partial charge in [-0.15, -0.1) is 0 Å². The van der Waals surface area contributed by atoms with Gasteiger partial charge >= 0.3 is 0 Å². The number of piperidine rings is 1. The zero-order valence-electron chi connectivity index (χ0n) is 16.6. The Morgan fingerprint density at radius 2 is 1.67 bits per heavy atom. The second-order valence-electron chi connectivity index (χ2n) is 8.05. The molecule has 1 amide bonds. The van der Waals surface area contributed by atoms with Crippen LogP contribution in [0.4, 0.5) is 11.4 Å². The Morgan fingerprint density at radius 1 is 1.00 bits per heavy atom. The van der Waals surface area contributed by atoms with Gasteiger partial charge in [0.25, 0.3) is 5.91 Å². The van der Waals surface area contributed by atoms with E-state index in [4.69, 9.17) is 0 Å². The molecule has 0 saturated carbocycles. The summed E-state index contributed by atoms with van der Waals surface area (Å²) in [4.78, 5) is 19.5. The second kappa shape index (κ2) is 7.26. The number of nitrogens with zero attached hydrogens (tertiary/aromatic N) is 3. The molecule has 1 unspecified atom stereocenters. The first kappa shape index (κ1) is 17.9. The SMILES string of the molecule is CC1Cc2ccccc2N1C1CCN(C(=O)c2ccc(N(C)C)cc2)CC1. The van der Waals surface area contributed by atoms with Crippen molar-refractivity contribution in [2.24, 2.45) is 0 Å². The number of fused-ring (bicyclic) bond motifs is 1. The van der Waals surface area contributed by atoms with E-state index in [0.29, 0.717) is 12.1 Å². The lowest BCUT2D eigenvalue weighted by Gasteiger charge is -2.40. The van der Waals surface area contributed by atoms with Gasteiger partial charge in [0.05, 0.1) is 0 Å². The molecule has 1 atom stereocenters. The van der Waals surface area contributed by atoms with Crippen LogP contribution in [0.25, 0.3) is 0 Å². The summed E-state index contributed by atoms with van der Waals surface area (Å²) in [5, 5.41) is 0. The Labute approximate surface area is 162 Å². The fourth-order valence-electron chi connectivity index (χ4n) is 4.58. The summed E-state index contributed by atoms with van der Waals surface area (Å²) in [5.74, 6) is 0.161. The number of hydrogen-bond acceptors (Lipinski definition) is 3. The third kappa shape index (κ3) is 3.41. The standard InChI is InChI=1S/C23H29N3O/c1-17-16-19-6-4-5-7-22(19)26(17)21-12-14-25(15-13-21)23(27)18-8-10-20(11-9-18)24(2)3/h4-11,17,21H,12-16H2,1-3H3. The Morgan fingerprint density at radius 3 is 2.33 bits per heavy atom. The van der Waals surface area contributed by atoms with E-state index in [1.807, 2.05) is 43.3 Å². The summed E-state index contributed by atoms with van der Waals surface area (Å²) < 4.78 is 0. The fourth-order valence-corrected chi connectivity index (χ4v) is 4.58. The number of hydrogen-bond donors (Lipinski definition) is 0. The summed E-state index contributed by atoms with van der Waals surface area (Å²) in [6.45, 7) is 4.00. The Hall–Kier alpha value is -2.49. The van der Waals surface area contributed by atoms with Gasteiger partial charge in [-0.25, -0.2) is 0 Å². The molecule has 0 aliphatic carbocycles. The average molecular weight is 364 g/mol. The molecule has 1 saturated heterocycles. The van der Waals surface area contributed by atoms with E-state index >= 15 is 0 Å². The Balaban J connectivity index is 1.41. The summed E-state index contributed by atoms with van der Waals surface area (Å²) >= 11 is 0. The summed E-state index contributed by atoms with van der Waals surface area (Å²) in [6, 6.07) is 17.8. The van der Waals surface area contributed by atoms with Crippen LogP contribution in [-0.2, 0) is 6.42 Å². The number of carbonyl (C=O) groups excluding carboxylic acids is 1. The van der Waals surface area contributed by atoms with E-state index in [9.17, 15) is 4.79 Å². The van der Waals surface area contributed by atoms with Crippen molar-refractivity contribution in [3.63, 3.8) is 0 Å². The number of carbonyl (C=O) groups is 1. The summed E-state index contributed by atoms with van der Waals surface area (Å²) in [5.41, 5.74) is 4.77. The van der Waals surface area contributed by atoms with Crippen LogP contribution >= 0.6 is 0 Å². The molecule has 0 spiro atoms. The van der Waals surface area contributed by atoms with Gasteiger partial charge in [0.15, 0.2) is 0 Å². The van der Waals surface area contributed by atoms with Crippen molar-refractivity contribution in [3.05, 3.63) is 59.7 Å². The lowest BCUT2D eigenvalue weighted by Crippen LogP contribution is -2.48. The van der Waals surface area contributed by atoms with E-state index < -0.39 is 0 Å². The van der Waals surface area contributed by atoms with Crippen LogP contribution in [-0.4, -0.2) is 50.1 Å². The van der Waals surface area contributed by atoms with Crippen molar-refractivity contribution >= 4 is 17.3 Å². The predicted octanol–water partition coefficient (Wildman–Crippen LogP) is 3.81. The van der Waals surface area contributed by atoms with Gasteiger partial charge in [0.2, 0.25) is 0 Å². The largest absolute Gasteiger partial charge is 0.378 e. The number of anilines is 2. The number of para-hydroxylation sites is 1. The molecule has 27 heavy (non-hydrogen) atoms. The van der Waals surface area contributed by atoms with E-state index in [0.717, 1.165) is 43.6 Å². The van der Waals surface area contributed by atoms with Crippen LogP contribution in [0.1, 0.15) is 35.7 Å². The highest BCUT2D eigenvalue weighted by Crippen LogP contribution is 2.36. The average Bonchev–Trinajstić information content (AvgIpc) is 3.03. The highest BCUT2D eigenvalue weighted by Gasteiger charge is 2.34. The molecule has 2 aromatic carbocycles. The smallest absolute Gasteiger partial charge is 0.253 e. The minimum absolute atomic E-state index is 0.161. The number of likely N-dealkylation sites (tertiary alicyclic amines) is 1. The van der Waals surface area contributed by atoms with Crippen molar-refractivity contribution in [1.29, 1.82) is 0 Å². The topological polar surface area (TPSA) is 26.8 Å². The molecule has 0 N–H and O–H groups in total. The molecule has 0 radical (unpaired) electrons. The van der Waals surface area contributed by atoms with Crippen LogP contribution in [0.3, 0.4) is 0 Å². The Bertz CT molecular complexity index is 807. The van der Waals surface area contributed by atoms with Crippen molar-refractivity contribution in [3.8, 4) is 0 Å². The van der Waals surface area contributed by atoms with Crippen molar-refractivity contribution in [2.45, 2.75) is 38.3 Å². The molecule has 4 rings (SSSR count). The molecule has 142 valence electrons.